The minimum atomic E-state index is -0.778. The Balaban J connectivity index is 4.63. The molecule has 0 rings (SSSR count). The lowest BCUT2D eigenvalue weighted by molar-refractivity contribution is -0.182. The second kappa shape index (κ2) is 3.70. The highest BCUT2D eigenvalue weighted by molar-refractivity contribution is 6.03. The molecule has 13 heavy (non-hydrogen) atoms. The predicted molar refractivity (Wildman–Crippen MR) is 47.9 cm³/mol. The normalized spacial score (nSPS) is 10.8. The lowest BCUT2D eigenvalue weighted by atomic mass is 9.95. The highest BCUT2D eigenvalue weighted by Crippen LogP contribution is 2.17. The monoisotopic (exact) mass is 185 g/mol. The number of hydroxylamine groups is 2. The van der Waals surface area contributed by atoms with E-state index in [2.05, 4.69) is 6.58 Å². The van der Waals surface area contributed by atoms with Gasteiger partial charge in [-0.15, -0.1) is 0 Å². The Kier molecular flexibility index (Phi) is 3.37. The van der Waals surface area contributed by atoms with E-state index in [4.69, 9.17) is 5.21 Å². The van der Waals surface area contributed by atoms with Crippen LogP contribution in [0.5, 0.6) is 0 Å². The zero-order valence-electron chi connectivity index (χ0n) is 8.42. The molecule has 2 amide bonds. The van der Waals surface area contributed by atoms with Crippen molar-refractivity contribution in [2.75, 3.05) is 0 Å². The Morgan fingerprint density at radius 3 is 1.92 bits per heavy atom. The zero-order chi connectivity index (χ0) is 10.8. The Morgan fingerprint density at radius 1 is 1.31 bits per heavy atom. The van der Waals surface area contributed by atoms with Gasteiger partial charge >= 0.3 is 0 Å². The molecule has 0 heterocycles. The minimum absolute atomic E-state index is 0.113. The van der Waals surface area contributed by atoms with Crippen LogP contribution in [0.4, 0.5) is 0 Å². The Bertz CT molecular complexity index is 250. The van der Waals surface area contributed by atoms with Crippen molar-refractivity contribution in [3.63, 3.8) is 0 Å². The molecular weight excluding hydrogens is 170 g/mol. The van der Waals surface area contributed by atoms with Crippen LogP contribution in [0.2, 0.25) is 0 Å². The Morgan fingerprint density at radius 2 is 1.69 bits per heavy atom. The second-order valence-corrected chi connectivity index (χ2v) is 3.95. The smallest absolute Gasteiger partial charge is 0.278 e. The van der Waals surface area contributed by atoms with Gasteiger partial charge in [-0.05, 0) is 6.92 Å². The van der Waals surface area contributed by atoms with Gasteiger partial charge in [-0.25, -0.2) is 0 Å². The van der Waals surface area contributed by atoms with Gasteiger partial charge in [0.15, 0.2) is 0 Å². The van der Waals surface area contributed by atoms with Crippen molar-refractivity contribution in [1.82, 2.24) is 5.06 Å². The lowest BCUT2D eigenvalue weighted by Gasteiger charge is -2.22. The maximum absolute atomic E-state index is 11.3. The van der Waals surface area contributed by atoms with E-state index in [-0.39, 0.29) is 10.6 Å². The molecule has 0 unspecified atom stereocenters. The number of carbonyl (C=O) groups is 2. The summed E-state index contributed by atoms with van der Waals surface area (Å²) in [6, 6.07) is 0. The van der Waals surface area contributed by atoms with Crippen molar-refractivity contribution in [2.45, 2.75) is 27.7 Å². The van der Waals surface area contributed by atoms with Gasteiger partial charge in [0.2, 0.25) is 0 Å². The van der Waals surface area contributed by atoms with E-state index in [1.807, 2.05) is 0 Å². The van der Waals surface area contributed by atoms with Crippen molar-refractivity contribution >= 4 is 11.8 Å². The summed E-state index contributed by atoms with van der Waals surface area (Å²) in [6.45, 7) is 9.62. The number of amides is 2. The van der Waals surface area contributed by atoms with E-state index in [0.717, 1.165) is 0 Å². The summed E-state index contributed by atoms with van der Waals surface area (Å²) < 4.78 is 0. The average molecular weight is 185 g/mol. The molecule has 0 aromatic heterocycles. The molecule has 74 valence electrons. The lowest BCUT2D eigenvalue weighted by Crippen LogP contribution is -2.41. The molecule has 0 atom stereocenters. The van der Waals surface area contributed by atoms with Gasteiger partial charge in [0, 0.05) is 11.0 Å². The van der Waals surface area contributed by atoms with E-state index in [9.17, 15) is 9.59 Å². The number of nitrogens with zero attached hydrogens (tertiary/aromatic N) is 1. The van der Waals surface area contributed by atoms with Crippen LogP contribution in [-0.4, -0.2) is 22.1 Å². The Hall–Kier alpha value is -1.16. The number of rotatable bonds is 1. The summed E-state index contributed by atoms with van der Waals surface area (Å²) in [5, 5.41) is 9.28. The highest BCUT2D eigenvalue weighted by Gasteiger charge is 2.30. The summed E-state index contributed by atoms with van der Waals surface area (Å²) in [4.78, 5) is 22.4. The Labute approximate surface area is 77.8 Å². The average Bonchev–Trinajstić information content (AvgIpc) is 1.98. The molecule has 0 aliphatic carbocycles. The first-order valence-corrected chi connectivity index (χ1v) is 3.91. The maximum Gasteiger partial charge on any atom is 0.279 e. The van der Waals surface area contributed by atoms with Crippen molar-refractivity contribution in [2.24, 2.45) is 5.41 Å². The first kappa shape index (κ1) is 11.8. The molecule has 1 N–H and O–H groups in total. The first-order chi connectivity index (χ1) is 5.68. The second-order valence-electron chi connectivity index (χ2n) is 3.95. The van der Waals surface area contributed by atoms with Gasteiger partial charge in [-0.1, -0.05) is 27.4 Å². The number of hydrogen-bond donors (Lipinski definition) is 1. The minimum Gasteiger partial charge on any atom is -0.278 e. The van der Waals surface area contributed by atoms with Gasteiger partial charge in [-0.3, -0.25) is 14.8 Å². The van der Waals surface area contributed by atoms with Crippen LogP contribution in [0.3, 0.4) is 0 Å². The van der Waals surface area contributed by atoms with Gasteiger partial charge < -0.3 is 0 Å². The van der Waals surface area contributed by atoms with Crippen LogP contribution >= 0.6 is 0 Å². The van der Waals surface area contributed by atoms with Crippen LogP contribution in [0.25, 0.3) is 0 Å². The SMILES string of the molecule is C=C(C)C(=O)N(O)C(=O)C(C)(C)C. The molecule has 0 aromatic rings. The summed E-state index contributed by atoms with van der Waals surface area (Å²) >= 11 is 0. The van der Waals surface area contributed by atoms with Gasteiger partial charge in [-0.2, -0.15) is 5.06 Å². The van der Waals surface area contributed by atoms with E-state index < -0.39 is 17.2 Å². The van der Waals surface area contributed by atoms with Gasteiger partial charge in [0.05, 0.1) is 0 Å². The van der Waals surface area contributed by atoms with Crippen LogP contribution in [-0.2, 0) is 9.59 Å². The summed E-state index contributed by atoms with van der Waals surface area (Å²) in [6.07, 6.45) is 0. The molecule has 0 radical (unpaired) electrons. The fourth-order valence-electron chi connectivity index (χ4n) is 0.591. The number of carbonyl (C=O) groups excluding carboxylic acids is 2. The maximum atomic E-state index is 11.3. The standard InChI is InChI=1S/C9H15NO3/c1-6(2)7(11)10(13)8(12)9(3,4)5/h13H,1H2,2-5H3. The van der Waals surface area contributed by atoms with Crippen LogP contribution in [0.1, 0.15) is 27.7 Å². The number of imide groups is 1. The molecular formula is C9H15NO3. The molecule has 0 aromatic carbocycles. The molecule has 0 aliphatic rings. The van der Waals surface area contributed by atoms with Crippen molar-refractivity contribution in [3.05, 3.63) is 12.2 Å². The largest absolute Gasteiger partial charge is 0.279 e. The van der Waals surface area contributed by atoms with Crippen molar-refractivity contribution < 1.29 is 14.8 Å². The highest BCUT2D eigenvalue weighted by atomic mass is 16.5. The van der Waals surface area contributed by atoms with Crippen LogP contribution in [0.15, 0.2) is 12.2 Å². The van der Waals surface area contributed by atoms with Crippen LogP contribution < -0.4 is 0 Å². The van der Waals surface area contributed by atoms with Crippen molar-refractivity contribution in [3.8, 4) is 0 Å². The summed E-state index contributed by atoms with van der Waals surface area (Å²) in [5.41, 5.74) is -0.653. The predicted octanol–water partition coefficient (Wildman–Crippen LogP) is 1.35. The van der Waals surface area contributed by atoms with E-state index >= 15 is 0 Å². The molecule has 0 bridgehead atoms. The third kappa shape index (κ3) is 2.99. The fourth-order valence-corrected chi connectivity index (χ4v) is 0.591. The molecule has 0 saturated heterocycles. The van der Waals surface area contributed by atoms with Crippen LogP contribution in [0, 0.1) is 5.41 Å². The first-order valence-electron chi connectivity index (χ1n) is 3.91. The molecule has 4 heteroatoms. The quantitative estimate of drug-likeness (QED) is 0.381. The van der Waals surface area contributed by atoms with Gasteiger partial charge in [0.1, 0.15) is 0 Å². The topological polar surface area (TPSA) is 57.6 Å². The fraction of sp³-hybridized carbons (Fsp3) is 0.556. The van der Waals surface area contributed by atoms with E-state index in [1.165, 1.54) is 6.92 Å². The van der Waals surface area contributed by atoms with Gasteiger partial charge in [0.25, 0.3) is 11.8 Å². The van der Waals surface area contributed by atoms with E-state index in [1.54, 1.807) is 20.8 Å². The third-order valence-electron chi connectivity index (χ3n) is 1.39. The number of hydrogen-bond acceptors (Lipinski definition) is 3. The molecule has 0 aliphatic heterocycles. The summed E-state index contributed by atoms with van der Waals surface area (Å²) in [5.74, 6) is -1.40. The van der Waals surface area contributed by atoms with E-state index in [0.29, 0.717) is 0 Å². The zero-order valence-corrected chi connectivity index (χ0v) is 8.42. The third-order valence-corrected chi connectivity index (χ3v) is 1.39. The summed E-state index contributed by atoms with van der Waals surface area (Å²) in [7, 11) is 0. The molecule has 0 spiro atoms. The molecule has 0 fully saturated rings. The molecule has 0 saturated carbocycles. The van der Waals surface area contributed by atoms with Crippen molar-refractivity contribution in [1.29, 1.82) is 0 Å². The molecule has 4 nitrogen and oxygen atoms in total.